The average Bonchev–Trinajstić information content (AvgIpc) is 2.75. The number of carboxylic acids is 1. The molecule has 0 saturated heterocycles. The van der Waals surface area contributed by atoms with Crippen LogP contribution in [0.25, 0.3) is 0 Å². The standard InChI is InChI=1S/C13H20N2O4/c1-5-6-15(8-11(16)17)12(18)9-7-10(19-14-9)13(2,3)4/h7H,5-6,8H2,1-4H3,(H,16,17). The Bertz CT molecular complexity index is 459. The van der Waals surface area contributed by atoms with Gasteiger partial charge in [-0.2, -0.15) is 0 Å². The summed E-state index contributed by atoms with van der Waals surface area (Å²) < 4.78 is 5.14. The zero-order valence-corrected chi connectivity index (χ0v) is 11.8. The van der Waals surface area contributed by atoms with E-state index in [1.54, 1.807) is 6.07 Å². The maximum atomic E-state index is 12.2. The van der Waals surface area contributed by atoms with E-state index in [0.717, 1.165) is 0 Å². The monoisotopic (exact) mass is 268 g/mol. The summed E-state index contributed by atoms with van der Waals surface area (Å²) in [6.45, 7) is 7.77. The Morgan fingerprint density at radius 3 is 2.47 bits per heavy atom. The molecule has 0 aliphatic heterocycles. The van der Waals surface area contributed by atoms with Crippen LogP contribution in [0.4, 0.5) is 0 Å². The number of hydrogen-bond donors (Lipinski definition) is 1. The molecule has 0 saturated carbocycles. The predicted octanol–water partition coefficient (Wildman–Crippen LogP) is 1.91. The number of aromatic nitrogens is 1. The molecule has 0 spiro atoms. The first-order valence-electron chi connectivity index (χ1n) is 6.24. The Hall–Kier alpha value is -1.85. The summed E-state index contributed by atoms with van der Waals surface area (Å²) in [5.41, 5.74) is -0.0897. The third-order valence-electron chi connectivity index (χ3n) is 2.58. The molecule has 0 atom stereocenters. The van der Waals surface area contributed by atoms with Crippen molar-refractivity contribution in [3.05, 3.63) is 17.5 Å². The van der Waals surface area contributed by atoms with Gasteiger partial charge >= 0.3 is 5.97 Å². The van der Waals surface area contributed by atoms with Crippen LogP contribution in [0, 0.1) is 0 Å². The van der Waals surface area contributed by atoms with Crippen molar-refractivity contribution in [1.29, 1.82) is 0 Å². The second-order valence-corrected chi connectivity index (χ2v) is 5.45. The lowest BCUT2D eigenvalue weighted by molar-refractivity contribution is -0.137. The summed E-state index contributed by atoms with van der Waals surface area (Å²) in [4.78, 5) is 24.2. The Morgan fingerprint density at radius 2 is 2.05 bits per heavy atom. The van der Waals surface area contributed by atoms with Crippen LogP contribution in [0.15, 0.2) is 10.6 Å². The van der Waals surface area contributed by atoms with Crippen molar-refractivity contribution in [2.45, 2.75) is 39.5 Å². The van der Waals surface area contributed by atoms with Crippen LogP contribution in [0.1, 0.15) is 50.4 Å². The van der Waals surface area contributed by atoms with Crippen molar-refractivity contribution in [1.82, 2.24) is 10.1 Å². The van der Waals surface area contributed by atoms with E-state index >= 15 is 0 Å². The lowest BCUT2D eigenvalue weighted by Crippen LogP contribution is -2.36. The Kier molecular flexibility index (Phi) is 4.69. The number of nitrogens with zero attached hydrogens (tertiary/aromatic N) is 2. The molecule has 1 N–H and O–H groups in total. The van der Waals surface area contributed by atoms with Gasteiger partial charge in [0.15, 0.2) is 5.69 Å². The Balaban J connectivity index is 2.90. The van der Waals surface area contributed by atoms with E-state index in [4.69, 9.17) is 9.63 Å². The highest BCUT2D eigenvalue weighted by Gasteiger charge is 2.25. The van der Waals surface area contributed by atoms with Crippen molar-refractivity contribution in [3.63, 3.8) is 0 Å². The summed E-state index contributed by atoms with van der Waals surface area (Å²) in [6, 6.07) is 1.58. The van der Waals surface area contributed by atoms with Gasteiger partial charge in [0.05, 0.1) is 0 Å². The molecule has 19 heavy (non-hydrogen) atoms. The highest BCUT2D eigenvalue weighted by molar-refractivity contribution is 5.94. The van der Waals surface area contributed by atoms with Crippen LogP contribution in [-0.4, -0.2) is 40.1 Å². The van der Waals surface area contributed by atoms with Crippen LogP contribution < -0.4 is 0 Å². The topological polar surface area (TPSA) is 83.6 Å². The van der Waals surface area contributed by atoms with Gasteiger partial charge in [-0.3, -0.25) is 9.59 Å². The van der Waals surface area contributed by atoms with Gasteiger partial charge < -0.3 is 14.5 Å². The number of carbonyl (C=O) groups excluding carboxylic acids is 1. The second kappa shape index (κ2) is 5.86. The minimum atomic E-state index is -1.04. The fourth-order valence-corrected chi connectivity index (χ4v) is 1.58. The van der Waals surface area contributed by atoms with Crippen molar-refractivity contribution in [2.24, 2.45) is 0 Å². The highest BCUT2D eigenvalue weighted by Crippen LogP contribution is 2.23. The third kappa shape index (κ3) is 4.08. The largest absolute Gasteiger partial charge is 0.480 e. The molecule has 1 aromatic rings. The first-order chi connectivity index (χ1) is 8.75. The Morgan fingerprint density at radius 1 is 1.42 bits per heavy atom. The molecule has 0 aromatic carbocycles. The smallest absolute Gasteiger partial charge is 0.323 e. The van der Waals surface area contributed by atoms with E-state index in [2.05, 4.69) is 5.16 Å². The van der Waals surface area contributed by atoms with Crippen LogP contribution >= 0.6 is 0 Å². The summed E-state index contributed by atoms with van der Waals surface area (Å²) >= 11 is 0. The molecule has 0 radical (unpaired) electrons. The lowest BCUT2D eigenvalue weighted by atomic mass is 9.93. The maximum absolute atomic E-state index is 12.2. The summed E-state index contributed by atoms with van der Waals surface area (Å²) in [6.07, 6.45) is 0.684. The SMILES string of the molecule is CCCN(CC(=O)O)C(=O)c1cc(C(C)(C)C)on1. The van der Waals surface area contributed by atoms with E-state index in [0.29, 0.717) is 18.7 Å². The third-order valence-corrected chi connectivity index (χ3v) is 2.58. The molecule has 1 heterocycles. The number of carbonyl (C=O) groups is 2. The Labute approximate surface area is 112 Å². The molecule has 0 unspecified atom stereocenters. The zero-order chi connectivity index (χ0) is 14.6. The average molecular weight is 268 g/mol. The minimum absolute atomic E-state index is 0.152. The zero-order valence-electron chi connectivity index (χ0n) is 11.8. The number of carboxylic acid groups (broad SMARTS) is 1. The predicted molar refractivity (Wildman–Crippen MR) is 69.0 cm³/mol. The van der Waals surface area contributed by atoms with E-state index in [-0.39, 0.29) is 17.7 Å². The van der Waals surface area contributed by atoms with Crippen LogP contribution in [0.2, 0.25) is 0 Å². The van der Waals surface area contributed by atoms with Gasteiger partial charge in [0.25, 0.3) is 5.91 Å². The van der Waals surface area contributed by atoms with Crippen LogP contribution in [0.5, 0.6) is 0 Å². The molecule has 6 heteroatoms. The van der Waals surface area contributed by atoms with Gasteiger partial charge in [0.2, 0.25) is 0 Å². The van der Waals surface area contributed by atoms with Gasteiger partial charge in [0, 0.05) is 18.0 Å². The molecular weight excluding hydrogens is 248 g/mol. The van der Waals surface area contributed by atoms with Gasteiger partial charge in [-0.25, -0.2) is 0 Å². The molecule has 0 bridgehead atoms. The molecule has 0 aliphatic rings. The number of aliphatic carboxylic acids is 1. The van der Waals surface area contributed by atoms with E-state index < -0.39 is 11.9 Å². The summed E-state index contributed by atoms with van der Waals surface area (Å²) in [7, 11) is 0. The first-order valence-corrected chi connectivity index (χ1v) is 6.24. The lowest BCUT2D eigenvalue weighted by Gasteiger charge is -2.18. The number of rotatable bonds is 5. The molecular formula is C13H20N2O4. The van der Waals surface area contributed by atoms with E-state index in [1.165, 1.54) is 4.90 Å². The molecule has 6 nitrogen and oxygen atoms in total. The minimum Gasteiger partial charge on any atom is -0.480 e. The molecule has 1 rings (SSSR count). The van der Waals surface area contributed by atoms with Crippen molar-refractivity contribution < 1.29 is 19.2 Å². The highest BCUT2D eigenvalue weighted by atomic mass is 16.5. The molecule has 0 aliphatic carbocycles. The normalized spacial score (nSPS) is 11.4. The van der Waals surface area contributed by atoms with E-state index in [1.807, 2.05) is 27.7 Å². The number of amides is 1. The van der Waals surface area contributed by atoms with Gasteiger partial charge in [-0.05, 0) is 6.42 Å². The van der Waals surface area contributed by atoms with Gasteiger partial charge in [0.1, 0.15) is 12.3 Å². The fraction of sp³-hybridized carbons (Fsp3) is 0.615. The molecule has 1 amide bonds. The van der Waals surface area contributed by atoms with Crippen molar-refractivity contribution in [2.75, 3.05) is 13.1 Å². The van der Waals surface area contributed by atoms with Gasteiger partial charge in [-0.15, -0.1) is 0 Å². The van der Waals surface area contributed by atoms with Gasteiger partial charge in [-0.1, -0.05) is 32.9 Å². The first kappa shape index (κ1) is 15.2. The number of hydrogen-bond acceptors (Lipinski definition) is 4. The molecule has 1 aromatic heterocycles. The maximum Gasteiger partial charge on any atom is 0.323 e. The molecule has 0 fully saturated rings. The summed E-state index contributed by atoms with van der Waals surface area (Å²) in [5.74, 6) is -0.854. The van der Waals surface area contributed by atoms with Crippen LogP contribution in [0.3, 0.4) is 0 Å². The fourth-order valence-electron chi connectivity index (χ4n) is 1.58. The second-order valence-electron chi connectivity index (χ2n) is 5.45. The van der Waals surface area contributed by atoms with Crippen LogP contribution in [-0.2, 0) is 10.2 Å². The van der Waals surface area contributed by atoms with Crippen molar-refractivity contribution in [3.8, 4) is 0 Å². The van der Waals surface area contributed by atoms with E-state index in [9.17, 15) is 9.59 Å². The quantitative estimate of drug-likeness (QED) is 0.881. The summed E-state index contributed by atoms with van der Waals surface area (Å²) in [5, 5.41) is 12.5. The molecule has 106 valence electrons. The van der Waals surface area contributed by atoms with Crippen molar-refractivity contribution >= 4 is 11.9 Å².